The summed E-state index contributed by atoms with van der Waals surface area (Å²) in [5.74, 6) is -1.92. The van der Waals surface area contributed by atoms with Gasteiger partial charge in [-0.2, -0.15) is 26.3 Å². The predicted octanol–water partition coefficient (Wildman–Crippen LogP) is 5.81. The molecule has 0 saturated heterocycles. The average molecular weight is 400 g/mol. The Labute approximate surface area is 146 Å². The topological polar surface area (TPSA) is 24.1 Å². The molecule has 0 bridgehead atoms. The van der Waals surface area contributed by atoms with Gasteiger partial charge in [-0.1, -0.05) is 0 Å². The standard InChI is InChI=1S/C15H8F8N2S/c16-9-1-2-12(11(17)6-9)25-13(26)24-10-4-7(14(18,19)20)3-8(5-10)15(21,22)23/h1-6H,(H2,24,25,26). The summed E-state index contributed by atoms with van der Waals surface area (Å²) in [6, 6.07) is 3.18. The van der Waals surface area contributed by atoms with Crippen LogP contribution in [0.3, 0.4) is 0 Å². The van der Waals surface area contributed by atoms with Crippen LogP contribution in [0.15, 0.2) is 36.4 Å². The summed E-state index contributed by atoms with van der Waals surface area (Å²) in [4.78, 5) is 0. The molecule has 2 N–H and O–H groups in total. The Kier molecular flexibility index (Phi) is 5.40. The number of rotatable bonds is 2. The van der Waals surface area contributed by atoms with Crippen LogP contribution < -0.4 is 10.6 Å². The van der Waals surface area contributed by atoms with Gasteiger partial charge in [0.25, 0.3) is 0 Å². The summed E-state index contributed by atoms with van der Waals surface area (Å²) in [7, 11) is 0. The molecule has 11 heteroatoms. The van der Waals surface area contributed by atoms with Gasteiger partial charge >= 0.3 is 12.4 Å². The summed E-state index contributed by atoms with van der Waals surface area (Å²) in [6.07, 6.45) is -10.0. The van der Waals surface area contributed by atoms with Gasteiger partial charge in [0, 0.05) is 11.8 Å². The molecule has 0 radical (unpaired) electrons. The van der Waals surface area contributed by atoms with Gasteiger partial charge in [-0.15, -0.1) is 0 Å². The molecule has 2 rings (SSSR count). The van der Waals surface area contributed by atoms with E-state index in [4.69, 9.17) is 12.2 Å². The van der Waals surface area contributed by atoms with Gasteiger partial charge in [0.2, 0.25) is 0 Å². The fraction of sp³-hybridized carbons (Fsp3) is 0.133. The van der Waals surface area contributed by atoms with Crippen LogP contribution in [0, 0.1) is 11.6 Å². The second kappa shape index (κ2) is 7.06. The van der Waals surface area contributed by atoms with Crippen LogP contribution in [0.25, 0.3) is 0 Å². The molecule has 0 atom stereocenters. The molecule has 0 aliphatic carbocycles. The maximum Gasteiger partial charge on any atom is 0.416 e. The van der Waals surface area contributed by atoms with E-state index in [0.29, 0.717) is 18.2 Å². The number of benzene rings is 2. The van der Waals surface area contributed by atoms with Crippen LogP contribution in [0.1, 0.15) is 11.1 Å². The zero-order valence-corrected chi connectivity index (χ0v) is 13.2. The molecule has 0 aliphatic rings. The van der Waals surface area contributed by atoms with E-state index in [-0.39, 0.29) is 11.8 Å². The molecule has 0 amide bonds. The SMILES string of the molecule is Fc1ccc(NC(=S)Nc2cc(C(F)(F)F)cc(C(F)(F)F)c2)c(F)c1. The summed E-state index contributed by atoms with van der Waals surface area (Å²) in [5.41, 5.74) is -3.99. The zero-order valence-electron chi connectivity index (χ0n) is 12.4. The number of halogens is 8. The Hall–Kier alpha value is -2.43. The predicted molar refractivity (Wildman–Crippen MR) is 82.6 cm³/mol. The monoisotopic (exact) mass is 400 g/mol. The largest absolute Gasteiger partial charge is 0.416 e. The lowest BCUT2D eigenvalue weighted by Crippen LogP contribution is -2.21. The summed E-state index contributed by atoms with van der Waals surface area (Å²) >= 11 is 4.74. The lowest BCUT2D eigenvalue weighted by atomic mass is 10.1. The van der Waals surface area contributed by atoms with Gasteiger partial charge in [0.05, 0.1) is 16.8 Å². The van der Waals surface area contributed by atoms with Crippen molar-refractivity contribution in [3.05, 3.63) is 59.2 Å². The third-order valence-corrected chi connectivity index (χ3v) is 3.23. The van der Waals surface area contributed by atoms with E-state index in [9.17, 15) is 35.1 Å². The lowest BCUT2D eigenvalue weighted by Gasteiger charge is -2.16. The molecule has 0 unspecified atom stereocenters. The van der Waals surface area contributed by atoms with Crippen molar-refractivity contribution in [3.8, 4) is 0 Å². The highest BCUT2D eigenvalue weighted by Crippen LogP contribution is 2.37. The summed E-state index contributed by atoms with van der Waals surface area (Å²) in [6.45, 7) is 0. The van der Waals surface area contributed by atoms with E-state index in [1.54, 1.807) is 0 Å². The summed E-state index contributed by atoms with van der Waals surface area (Å²) < 4.78 is 103. The number of hydrogen-bond donors (Lipinski definition) is 2. The van der Waals surface area contributed by atoms with Gasteiger partial charge in [-0.3, -0.25) is 0 Å². The van der Waals surface area contributed by atoms with Crippen LogP contribution >= 0.6 is 12.2 Å². The number of nitrogens with one attached hydrogen (secondary N) is 2. The Morgan fingerprint density at radius 2 is 1.31 bits per heavy atom. The first-order chi connectivity index (χ1) is 11.9. The second-order valence-corrected chi connectivity index (χ2v) is 5.41. The molecule has 0 heterocycles. The van der Waals surface area contributed by atoms with Gasteiger partial charge in [-0.25, -0.2) is 8.78 Å². The Morgan fingerprint density at radius 1 is 0.769 bits per heavy atom. The molecular formula is C15H8F8N2S. The molecule has 0 fully saturated rings. The number of anilines is 2. The highest BCUT2D eigenvalue weighted by atomic mass is 32.1. The van der Waals surface area contributed by atoms with Crippen molar-refractivity contribution >= 4 is 28.7 Å². The Morgan fingerprint density at radius 3 is 1.77 bits per heavy atom. The molecule has 26 heavy (non-hydrogen) atoms. The third kappa shape index (κ3) is 5.04. The molecule has 2 aromatic carbocycles. The first kappa shape index (κ1) is 19.9. The highest BCUT2D eigenvalue weighted by Gasteiger charge is 2.37. The second-order valence-electron chi connectivity index (χ2n) is 5.00. The summed E-state index contributed by atoms with van der Waals surface area (Å²) in [5, 5.41) is 3.85. The quantitative estimate of drug-likeness (QED) is 0.491. The van der Waals surface area contributed by atoms with Gasteiger partial charge < -0.3 is 10.6 Å². The molecule has 0 aromatic heterocycles. The van der Waals surface area contributed by atoms with Gasteiger partial charge in [-0.05, 0) is 42.5 Å². The smallest absolute Gasteiger partial charge is 0.332 e. The van der Waals surface area contributed by atoms with E-state index < -0.39 is 45.9 Å². The Balaban J connectivity index is 2.28. The maximum atomic E-state index is 13.5. The highest BCUT2D eigenvalue weighted by molar-refractivity contribution is 7.80. The fourth-order valence-electron chi connectivity index (χ4n) is 1.90. The first-order valence-corrected chi connectivity index (χ1v) is 7.09. The van der Waals surface area contributed by atoms with Gasteiger partial charge in [0.1, 0.15) is 11.6 Å². The van der Waals surface area contributed by atoms with Crippen molar-refractivity contribution in [2.75, 3.05) is 10.6 Å². The minimum Gasteiger partial charge on any atom is -0.332 e. The van der Waals surface area contributed by atoms with Crippen LogP contribution in [-0.4, -0.2) is 5.11 Å². The van der Waals surface area contributed by atoms with Crippen molar-refractivity contribution in [3.63, 3.8) is 0 Å². The number of thiocarbonyl (C=S) groups is 1. The maximum absolute atomic E-state index is 13.5. The minimum absolute atomic E-state index is 0.0404. The van der Waals surface area contributed by atoms with Crippen molar-refractivity contribution in [1.82, 2.24) is 0 Å². The number of alkyl halides is 6. The molecule has 2 nitrogen and oxygen atoms in total. The van der Waals surface area contributed by atoms with Crippen LogP contribution in [-0.2, 0) is 12.4 Å². The van der Waals surface area contributed by atoms with E-state index >= 15 is 0 Å². The van der Waals surface area contributed by atoms with Crippen molar-refractivity contribution in [2.45, 2.75) is 12.4 Å². The van der Waals surface area contributed by atoms with E-state index in [1.807, 2.05) is 0 Å². The van der Waals surface area contributed by atoms with Gasteiger partial charge in [0.15, 0.2) is 5.11 Å². The normalized spacial score (nSPS) is 12.0. The van der Waals surface area contributed by atoms with Crippen LogP contribution in [0.4, 0.5) is 46.5 Å². The molecule has 0 spiro atoms. The molecule has 0 aliphatic heterocycles. The Bertz CT molecular complexity index is 797. The van der Waals surface area contributed by atoms with Crippen molar-refractivity contribution < 1.29 is 35.1 Å². The fourth-order valence-corrected chi connectivity index (χ4v) is 2.13. The van der Waals surface area contributed by atoms with Crippen molar-refractivity contribution in [1.29, 1.82) is 0 Å². The van der Waals surface area contributed by atoms with E-state index in [0.717, 1.165) is 12.1 Å². The minimum atomic E-state index is -5.02. The number of hydrogen-bond acceptors (Lipinski definition) is 1. The zero-order chi connectivity index (χ0) is 19.7. The van der Waals surface area contributed by atoms with Crippen molar-refractivity contribution in [2.24, 2.45) is 0 Å². The molecular weight excluding hydrogens is 392 g/mol. The first-order valence-electron chi connectivity index (χ1n) is 6.69. The molecule has 140 valence electrons. The molecule has 2 aromatic rings. The van der Waals surface area contributed by atoms with E-state index in [2.05, 4.69) is 10.6 Å². The van der Waals surface area contributed by atoms with E-state index in [1.165, 1.54) is 0 Å². The van der Waals surface area contributed by atoms with Crippen LogP contribution in [0.5, 0.6) is 0 Å². The average Bonchev–Trinajstić information content (AvgIpc) is 2.48. The van der Waals surface area contributed by atoms with Crippen LogP contribution in [0.2, 0.25) is 0 Å². The lowest BCUT2D eigenvalue weighted by molar-refractivity contribution is -0.143. The molecule has 0 saturated carbocycles. The third-order valence-electron chi connectivity index (χ3n) is 3.02.